The molecule has 1 aromatic heterocycles. The number of nitrogens with zero attached hydrogens (tertiary/aromatic N) is 3. The number of carbonyl (C=O) groups is 3. The summed E-state index contributed by atoms with van der Waals surface area (Å²) < 4.78 is 18.6. The largest absolute Gasteiger partial charge is 0.462 e. The summed E-state index contributed by atoms with van der Waals surface area (Å²) in [6.07, 6.45) is -0.173. The third-order valence-corrected chi connectivity index (χ3v) is 6.08. The van der Waals surface area contributed by atoms with Crippen LogP contribution >= 0.6 is 11.3 Å². The lowest BCUT2D eigenvalue weighted by atomic mass is 10.1. The monoisotopic (exact) mass is 460 g/mol. The number of hydrogen-bond donors (Lipinski definition) is 1. The van der Waals surface area contributed by atoms with Crippen LogP contribution in [0.1, 0.15) is 34.1 Å². The average molecular weight is 460 g/mol. The number of anilines is 2. The molecular weight excluding hydrogens is 443 g/mol. The Morgan fingerprint density at radius 3 is 2.81 bits per heavy atom. The molecule has 12 heteroatoms. The highest BCUT2D eigenvalue weighted by Gasteiger charge is 2.36. The Bertz CT molecular complexity index is 1170. The lowest BCUT2D eigenvalue weighted by Crippen LogP contribution is -2.28. The van der Waals surface area contributed by atoms with E-state index in [4.69, 9.17) is 4.74 Å². The Morgan fingerprint density at radius 1 is 1.47 bits per heavy atom. The van der Waals surface area contributed by atoms with Gasteiger partial charge in [-0.15, -0.1) is 11.3 Å². The van der Waals surface area contributed by atoms with Gasteiger partial charge in [-0.3, -0.25) is 19.7 Å². The molecule has 2 amide bonds. The molecule has 0 radical (unpaired) electrons. The van der Waals surface area contributed by atoms with Crippen molar-refractivity contribution in [2.24, 2.45) is 5.92 Å². The number of halogens is 1. The van der Waals surface area contributed by atoms with E-state index in [2.05, 4.69) is 5.32 Å². The van der Waals surface area contributed by atoms with Crippen molar-refractivity contribution < 1.29 is 28.4 Å². The summed E-state index contributed by atoms with van der Waals surface area (Å²) in [7, 11) is 0. The van der Waals surface area contributed by atoms with Gasteiger partial charge in [0.15, 0.2) is 0 Å². The van der Waals surface area contributed by atoms with Gasteiger partial charge in [-0.05, 0) is 31.5 Å². The molecule has 1 unspecified atom stereocenters. The first kappa shape index (κ1) is 22.8. The van der Waals surface area contributed by atoms with Crippen molar-refractivity contribution in [2.75, 3.05) is 23.4 Å². The second-order valence-corrected chi connectivity index (χ2v) is 7.90. The standard InChI is InChI=1S/C20H17FN4O6S/c1-3-31-20(28)17-10(2)13(8-22)19(32-17)23-18(27)11-6-16(26)24(9-11)12-4-5-14(21)15(7-12)25(29)30/h4-5,7,11H,3,6,9H2,1-2H3,(H,23,27). The van der Waals surface area contributed by atoms with Gasteiger partial charge in [0.05, 0.1) is 28.7 Å². The van der Waals surface area contributed by atoms with Crippen molar-refractivity contribution in [3.63, 3.8) is 0 Å². The zero-order chi connectivity index (χ0) is 23.6. The SMILES string of the molecule is CCOC(=O)c1sc(NC(=O)C2CC(=O)N(c3ccc(F)c([N+](=O)[O-])c3)C2)c(C#N)c1C. The van der Waals surface area contributed by atoms with E-state index >= 15 is 0 Å². The second kappa shape index (κ2) is 9.11. The summed E-state index contributed by atoms with van der Waals surface area (Å²) in [6.45, 7) is 3.29. The molecule has 2 aromatic rings. The molecule has 1 aliphatic heterocycles. The molecule has 1 fully saturated rings. The first-order chi connectivity index (χ1) is 15.2. The highest BCUT2D eigenvalue weighted by atomic mass is 32.1. The third kappa shape index (κ3) is 4.28. The predicted octanol–water partition coefficient (Wildman–Crippen LogP) is 3.14. The number of thiophene rings is 1. The molecular formula is C20H17FN4O6S. The predicted molar refractivity (Wildman–Crippen MR) is 112 cm³/mol. The van der Waals surface area contributed by atoms with Crippen LogP contribution in [0.15, 0.2) is 18.2 Å². The number of esters is 1. The summed E-state index contributed by atoms with van der Waals surface area (Å²) >= 11 is 0.906. The maximum Gasteiger partial charge on any atom is 0.348 e. The Labute approximate surface area is 185 Å². The van der Waals surface area contributed by atoms with Crippen LogP contribution in [0.3, 0.4) is 0 Å². The smallest absolute Gasteiger partial charge is 0.348 e. The topological polar surface area (TPSA) is 143 Å². The van der Waals surface area contributed by atoms with E-state index < -0.39 is 40.1 Å². The van der Waals surface area contributed by atoms with Crippen LogP contribution in [0.2, 0.25) is 0 Å². The Hall–Kier alpha value is -3.85. The quantitative estimate of drug-likeness (QED) is 0.396. The van der Waals surface area contributed by atoms with Crippen LogP contribution < -0.4 is 10.2 Å². The fourth-order valence-electron chi connectivity index (χ4n) is 3.28. The number of ether oxygens (including phenoxy) is 1. The van der Waals surface area contributed by atoms with Gasteiger partial charge in [0, 0.05) is 19.0 Å². The molecule has 0 spiro atoms. The van der Waals surface area contributed by atoms with Gasteiger partial charge >= 0.3 is 11.7 Å². The number of hydrogen-bond acceptors (Lipinski definition) is 8. The van der Waals surface area contributed by atoms with E-state index in [1.54, 1.807) is 13.8 Å². The minimum Gasteiger partial charge on any atom is -0.462 e. The van der Waals surface area contributed by atoms with E-state index in [9.17, 15) is 34.2 Å². The zero-order valence-electron chi connectivity index (χ0n) is 17.0. The van der Waals surface area contributed by atoms with E-state index in [-0.39, 0.29) is 40.7 Å². The molecule has 1 atom stereocenters. The fourth-order valence-corrected chi connectivity index (χ4v) is 4.34. The number of nitro groups is 1. The number of benzene rings is 1. The second-order valence-electron chi connectivity index (χ2n) is 6.88. The van der Waals surface area contributed by atoms with Crippen molar-refractivity contribution in [1.29, 1.82) is 5.26 Å². The van der Waals surface area contributed by atoms with E-state index in [1.807, 2.05) is 6.07 Å². The van der Waals surface area contributed by atoms with Gasteiger partial charge in [0.2, 0.25) is 17.6 Å². The average Bonchev–Trinajstić information content (AvgIpc) is 3.28. The van der Waals surface area contributed by atoms with Gasteiger partial charge in [0.25, 0.3) is 0 Å². The van der Waals surface area contributed by atoms with Crippen molar-refractivity contribution in [3.05, 3.63) is 50.1 Å². The van der Waals surface area contributed by atoms with Crippen molar-refractivity contribution >= 4 is 45.5 Å². The van der Waals surface area contributed by atoms with Crippen LogP contribution in [0.4, 0.5) is 20.8 Å². The molecule has 3 rings (SSSR count). The molecule has 1 saturated heterocycles. The van der Waals surface area contributed by atoms with Crippen molar-refractivity contribution in [3.8, 4) is 6.07 Å². The number of rotatable bonds is 6. The molecule has 10 nitrogen and oxygen atoms in total. The normalized spacial score (nSPS) is 15.4. The molecule has 0 bridgehead atoms. The maximum absolute atomic E-state index is 13.6. The third-order valence-electron chi connectivity index (χ3n) is 4.89. The van der Waals surface area contributed by atoms with Gasteiger partial charge < -0.3 is 15.0 Å². The number of nitrogens with one attached hydrogen (secondary N) is 1. The van der Waals surface area contributed by atoms with Crippen molar-refractivity contribution in [1.82, 2.24) is 0 Å². The van der Waals surface area contributed by atoms with Crippen LogP contribution in [-0.2, 0) is 14.3 Å². The summed E-state index contributed by atoms with van der Waals surface area (Å²) in [5.41, 5.74) is -0.161. The van der Waals surface area contributed by atoms with Crippen molar-refractivity contribution in [2.45, 2.75) is 20.3 Å². The summed E-state index contributed by atoms with van der Waals surface area (Å²) in [6, 6.07) is 5.01. The molecule has 1 N–H and O–H groups in total. The Balaban J connectivity index is 1.79. The molecule has 1 aromatic carbocycles. The lowest BCUT2D eigenvalue weighted by Gasteiger charge is -2.16. The summed E-state index contributed by atoms with van der Waals surface area (Å²) in [5.74, 6) is -3.46. The molecule has 166 valence electrons. The van der Waals surface area contributed by atoms with E-state index in [0.717, 1.165) is 23.5 Å². The fraction of sp³-hybridized carbons (Fsp3) is 0.300. The molecule has 0 aliphatic carbocycles. The van der Waals surface area contributed by atoms with Crippen LogP contribution in [0.5, 0.6) is 0 Å². The Morgan fingerprint density at radius 2 is 2.19 bits per heavy atom. The molecule has 0 saturated carbocycles. The van der Waals surface area contributed by atoms with Crippen LogP contribution in [0.25, 0.3) is 0 Å². The molecule has 32 heavy (non-hydrogen) atoms. The minimum absolute atomic E-state index is 0.0789. The number of amides is 2. The number of nitriles is 1. The first-order valence-corrected chi connectivity index (χ1v) is 10.2. The lowest BCUT2D eigenvalue weighted by molar-refractivity contribution is -0.387. The van der Waals surface area contributed by atoms with Gasteiger partial charge in [-0.1, -0.05) is 0 Å². The summed E-state index contributed by atoms with van der Waals surface area (Å²) in [5, 5.41) is 23.2. The molecule has 2 heterocycles. The first-order valence-electron chi connectivity index (χ1n) is 9.43. The minimum atomic E-state index is -1.03. The highest BCUT2D eigenvalue weighted by molar-refractivity contribution is 7.18. The van der Waals surface area contributed by atoms with Gasteiger partial charge in [-0.25, -0.2) is 4.79 Å². The maximum atomic E-state index is 13.6. The van der Waals surface area contributed by atoms with E-state index in [0.29, 0.717) is 5.56 Å². The number of carbonyl (C=O) groups excluding carboxylic acids is 3. The number of nitro benzene ring substituents is 1. The highest BCUT2D eigenvalue weighted by Crippen LogP contribution is 2.35. The Kier molecular flexibility index (Phi) is 6.50. The van der Waals surface area contributed by atoms with Crippen LogP contribution in [-0.4, -0.2) is 35.9 Å². The van der Waals surface area contributed by atoms with Gasteiger partial charge in [-0.2, -0.15) is 9.65 Å². The van der Waals surface area contributed by atoms with Crippen LogP contribution in [0, 0.1) is 40.1 Å². The molecule has 1 aliphatic rings. The zero-order valence-corrected chi connectivity index (χ0v) is 17.8. The summed E-state index contributed by atoms with van der Waals surface area (Å²) in [4.78, 5) is 48.7. The van der Waals surface area contributed by atoms with Gasteiger partial charge in [0.1, 0.15) is 15.9 Å². The van der Waals surface area contributed by atoms with E-state index in [1.165, 1.54) is 11.0 Å².